The molecule has 0 radical (unpaired) electrons. The van der Waals surface area contributed by atoms with E-state index in [1.807, 2.05) is 0 Å². The van der Waals surface area contributed by atoms with Crippen molar-refractivity contribution in [1.29, 1.82) is 0 Å². The Balaban J connectivity index is 1.90. The Morgan fingerprint density at radius 1 is 1.59 bits per heavy atom. The molecule has 2 rings (SSSR count). The van der Waals surface area contributed by atoms with Crippen molar-refractivity contribution in [3.8, 4) is 0 Å². The third-order valence-electron chi connectivity index (χ3n) is 3.23. The van der Waals surface area contributed by atoms with Crippen molar-refractivity contribution < 1.29 is 19.4 Å². The molecule has 6 heteroatoms. The number of carbonyl (C=O) groups excluding carboxylic acids is 1. The van der Waals surface area contributed by atoms with Crippen LogP contribution in [0.15, 0.2) is 12.7 Å². The number of carboxylic acids is 1. The van der Waals surface area contributed by atoms with Crippen molar-refractivity contribution in [2.24, 2.45) is 5.92 Å². The number of ether oxygens (including phenoxy) is 1. The first-order valence-electron chi connectivity index (χ1n) is 5.48. The predicted octanol–water partition coefficient (Wildman–Crippen LogP) is 1.20. The number of carbonyl (C=O) groups is 2. The molecule has 2 aliphatic heterocycles. The molecule has 94 valence electrons. The van der Waals surface area contributed by atoms with Crippen LogP contribution in [-0.2, 0) is 9.53 Å². The molecule has 1 amide bonds. The Hall–Kier alpha value is -1.17. The highest BCUT2D eigenvalue weighted by Crippen LogP contribution is 2.49. The minimum Gasteiger partial charge on any atom is -0.481 e. The molecule has 2 aliphatic rings. The van der Waals surface area contributed by atoms with Gasteiger partial charge in [-0.1, -0.05) is 12.7 Å². The smallest absolute Gasteiger partial charge is 0.410 e. The van der Waals surface area contributed by atoms with E-state index >= 15 is 0 Å². The molecule has 2 saturated heterocycles. The number of likely N-dealkylation sites (tertiary alicyclic amines) is 1. The molecule has 0 aromatic heterocycles. The lowest BCUT2D eigenvalue weighted by atomic mass is 9.83. The van der Waals surface area contributed by atoms with Crippen molar-refractivity contribution in [3.63, 3.8) is 0 Å². The number of amides is 1. The van der Waals surface area contributed by atoms with Crippen LogP contribution in [0.5, 0.6) is 0 Å². The van der Waals surface area contributed by atoms with Gasteiger partial charge in [0.2, 0.25) is 0 Å². The number of rotatable bonds is 3. The van der Waals surface area contributed by atoms with Crippen LogP contribution >= 0.6 is 11.8 Å². The highest BCUT2D eigenvalue weighted by molar-refractivity contribution is 8.01. The lowest BCUT2D eigenvalue weighted by Crippen LogP contribution is -2.64. The third-order valence-corrected chi connectivity index (χ3v) is 4.79. The van der Waals surface area contributed by atoms with E-state index in [0.717, 1.165) is 5.75 Å². The molecule has 1 atom stereocenters. The summed E-state index contributed by atoms with van der Waals surface area (Å²) in [7, 11) is 0. The van der Waals surface area contributed by atoms with E-state index in [1.54, 1.807) is 16.7 Å². The lowest BCUT2D eigenvalue weighted by Gasteiger charge is -2.48. The second-order valence-electron chi connectivity index (χ2n) is 4.31. The number of hydrogen-bond acceptors (Lipinski definition) is 4. The summed E-state index contributed by atoms with van der Waals surface area (Å²) in [6, 6.07) is 0. The van der Waals surface area contributed by atoms with Crippen LogP contribution < -0.4 is 0 Å². The van der Waals surface area contributed by atoms with E-state index in [1.165, 1.54) is 6.08 Å². The first-order valence-corrected chi connectivity index (χ1v) is 6.47. The fourth-order valence-corrected chi connectivity index (χ4v) is 4.03. The Bertz CT molecular complexity index is 351. The first kappa shape index (κ1) is 12.3. The van der Waals surface area contributed by atoms with Crippen molar-refractivity contribution in [3.05, 3.63) is 12.7 Å². The van der Waals surface area contributed by atoms with Crippen LogP contribution in [0.4, 0.5) is 4.79 Å². The molecule has 1 N–H and O–H groups in total. The molecule has 1 unspecified atom stereocenters. The van der Waals surface area contributed by atoms with Gasteiger partial charge in [0.1, 0.15) is 6.61 Å². The number of aliphatic carboxylic acids is 1. The van der Waals surface area contributed by atoms with Crippen molar-refractivity contribution in [2.75, 3.05) is 25.4 Å². The molecular weight excluding hydrogens is 242 g/mol. The van der Waals surface area contributed by atoms with Gasteiger partial charge >= 0.3 is 12.1 Å². The minimum atomic E-state index is -0.755. The molecule has 0 aromatic rings. The maximum absolute atomic E-state index is 11.5. The molecule has 17 heavy (non-hydrogen) atoms. The van der Waals surface area contributed by atoms with Gasteiger partial charge in [0.25, 0.3) is 0 Å². The van der Waals surface area contributed by atoms with Gasteiger partial charge in [-0.2, -0.15) is 11.8 Å². The summed E-state index contributed by atoms with van der Waals surface area (Å²) in [5.74, 6) is -0.239. The molecule has 2 heterocycles. The summed E-state index contributed by atoms with van der Waals surface area (Å²) >= 11 is 1.66. The predicted molar refractivity (Wildman–Crippen MR) is 64.0 cm³/mol. The Morgan fingerprint density at radius 3 is 2.88 bits per heavy atom. The zero-order chi connectivity index (χ0) is 12.5. The molecule has 0 aromatic carbocycles. The molecule has 2 fully saturated rings. The summed E-state index contributed by atoms with van der Waals surface area (Å²) in [6.07, 6.45) is 1.82. The summed E-state index contributed by atoms with van der Waals surface area (Å²) in [5.41, 5.74) is 0. The normalized spacial score (nSPS) is 25.4. The number of thioether (sulfide) groups is 1. The zero-order valence-electron chi connectivity index (χ0n) is 9.42. The minimum absolute atomic E-state index is 0.192. The van der Waals surface area contributed by atoms with Gasteiger partial charge in [-0.25, -0.2) is 4.79 Å². The van der Waals surface area contributed by atoms with Gasteiger partial charge in [-0.15, -0.1) is 0 Å². The maximum atomic E-state index is 11.5. The zero-order valence-corrected chi connectivity index (χ0v) is 10.2. The standard InChI is InChI=1S/C11H15NO4S/c1-2-4-16-10(15)12-6-11(7-12)8(9(13)14)3-5-17-11/h2,8H,1,3-7H2,(H,13,14). The van der Waals surface area contributed by atoms with Gasteiger partial charge in [0.15, 0.2) is 0 Å². The van der Waals surface area contributed by atoms with Gasteiger partial charge in [0, 0.05) is 13.1 Å². The molecule has 0 bridgehead atoms. The Morgan fingerprint density at radius 2 is 2.29 bits per heavy atom. The van der Waals surface area contributed by atoms with E-state index in [4.69, 9.17) is 9.84 Å². The quantitative estimate of drug-likeness (QED) is 0.769. The second kappa shape index (κ2) is 4.60. The van der Waals surface area contributed by atoms with E-state index in [2.05, 4.69) is 6.58 Å². The number of hydrogen-bond donors (Lipinski definition) is 1. The van der Waals surface area contributed by atoms with Crippen LogP contribution in [0, 0.1) is 5.92 Å². The Kier molecular flexibility index (Phi) is 3.33. The average Bonchev–Trinajstić information content (AvgIpc) is 2.68. The van der Waals surface area contributed by atoms with Crippen molar-refractivity contribution in [2.45, 2.75) is 11.2 Å². The molecule has 0 aliphatic carbocycles. The van der Waals surface area contributed by atoms with Crippen molar-refractivity contribution in [1.82, 2.24) is 4.90 Å². The van der Waals surface area contributed by atoms with Gasteiger partial charge in [-0.3, -0.25) is 4.79 Å². The summed E-state index contributed by atoms with van der Waals surface area (Å²) in [4.78, 5) is 24.2. The van der Waals surface area contributed by atoms with Crippen molar-refractivity contribution >= 4 is 23.8 Å². The molecule has 0 saturated carbocycles. The number of nitrogens with zero attached hydrogens (tertiary/aromatic N) is 1. The monoisotopic (exact) mass is 257 g/mol. The van der Waals surface area contributed by atoms with E-state index in [0.29, 0.717) is 19.5 Å². The summed E-state index contributed by atoms with van der Waals surface area (Å²) in [6.45, 7) is 4.61. The van der Waals surface area contributed by atoms with E-state index in [9.17, 15) is 9.59 Å². The van der Waals surface area contributed by atoms with E-state index < -0.39 is 5.97 Å². The fraction of sp³-hybridized carbons (Fsp3) is 0.636. The Labute approximate surface area is 104 Å². The molecule has 5 nitrogen and oxygen atoms in total. The highest BCUT2D eigenvalue weighted by Gasteiger charge is 2.56. The van der Waals surface area contributed by atoms with Crippen LogP contribution in [-0.4, -0.2) is 52.3 Å². The van der Waals surface area contributed by atoms with Crippen LogP contribution in [0.2, 0.25) is 0 Å². The summed E-state index contributed by atoms with van der Waals surface area (Å²) in [5, 5.41) is 9.12. The van der Waals surface area contributed by atoms with Gasteiger partial charge in [-0.05, 0) is 12.2 Å². The fourth-order valence-electron chi connectivity index (χ4n) is 2.35. The number of carboxylic acid groups (broad SMARTS) is 1. The SMILES string of the molecule is C=CCOC(=O)N1CC2(C1)SCCC2C(=O)O. The molecular formula is C11H15NO4S. The van der Waals surface area contributed by atoms with E-state index in [-0.39, 0.29) is 23.4 Å². The van der Waals surface area contributed by atoms with Gasteiger partial charge < -0.3 is 14.7 Å². The van der Waals surface area contributed by atoms with Crippen LogP contribution in [0.3, 0.4) is 0 Å². The maximum Gasteiger partial charge on any atom is 0.410 e. The van der Waals surface area contributed by atoms with Gasteiger partial charge in [0.05, 0.1) is 10.7 Å². The second-order valence-corrected chi connectivity index (χ2v) is 5.82. The highest BCUT2D eigenvalue weighted by atomic mass is 32.2. The van der Waals surface area contributed by atoms with Crippen LogP contribution in [0.1, 0.15) is 6.42 Å². The first-order chi connectivity index (χ1) is 8.09. The largest absolute Gasteiger partial charge is 0.481 e. The third kappa shape index (κ3) is 2.13. The van der Waals surface area contributed by atoms with Crippen LogP contribution in [0.25, 0.3) is 0 Å². The lowest BCUT2D eigenvalue weighted by molar-refractivity contribution is -0.144. The average molecular weight is 257 g/mol. The topological polar surface area (TPSA) is 66.8 Å². The molecule has 1 spiro atoms. The summed E-state index contributed by atoms with van der Waals surface area (Å²) < 4.78 is 4.63.